The van der Waals surface area contributed by atoms with E-state index in [0.717, 1.165) is 133 Å². The highest BCUT2D eigenvalue weighted by molar-refractivity contribution is 6.00. The second-order valence-electron chi connectivity index (χ2n) is 19.0. The maximum absolute atomic E-state index is 13.6. The number of Topliss-reactive ketones (excluding diaryl/α,β-unsaturated/α-hetero) is 1. The summed E-state index contributed by atoms with van der Waals surface area (Å²) in [5.41, 5.74) is 4.99. The van der Waals surface area contributed by atoms with Crippen molar-refractivity contribution >= 4 is 46.1 Å². The Kier molecular flexibility index (Phi) is 12.3. The zero-order chi connectivity index (χ0) is 44.7. The van der Waals surface area contributed by atoms with Gasteiger partial charge in [-0.15, -0.1) is 0 Å². The summed E-state index contributed by atoms with van der Waals surface area (Å²) in [7, 11) is 0. The Morgan fingerprint density at radius 3 is 2.46 bits per heavy atom. The molecule has 4 fully saturated rings. The van der Waals surface area contributed by atoms with Gasteiger partial charge in [0.15, 0.2) is 5.78 Å². The molecule has 3 aromatic heterocycles. The number of ketones is 1. The van der Waals surface area contributed by atoms with Gasteiger partial charge in [0.05, 0.1) is 37.1 Å². The molecule has 2 amide bonds. The quantitative estimate of drug-likeness (QED) is 0.141. The predicted octanol–water partition coefficient (Wildman–Crippen LogP) is 5.18. The highest BCUT2D eigenvalue weighted by Gasteiger charge is 2.42. The minimum absolute atomic E-state index is 0.0131. The Balaban J connectivity index is 0.644. The number of fused-ring (bicyclic) bond motifs is 3. The van der Waals surface area contributed by atoms with Gasteiger partial charge in [-0.3, -0.25) is 28.6 Å². The highest BCUT2D eigenvalue weighted by Crippen LogP contribution is 2.42. The summed E-state index contributed by atoms with van der Waals surface area (Å²) < 4.78 is 14.4. The van der Waals surface area contributed by atoms with Crippen molar-refractivity contribution in [2.75, 3.05) is 82.3 Å². The Bertz CT molecular complexity index is 2500. The van der Waals surface area contributed by atoms with Crippen molar-refractivity contribution in [1.82, 2.24) is 39.5 Å². The van der Waals surface area contributed by atoms with E-state index < -0.39 is 0 Å². The second-order valence-corrected chi connectivity index (χ2v) is 19.0. The van der Waals surface area contributed by atoms with E-state index in [1.165, 1.54) is 12.5 Å². The van der Waals surface area contributed by atoms with Crippen LogP contribution in [0.15, 0.2) is 41.5 Å². The number of aryl methyl sites for hydroxylation is 2. The second kappa shape index (κ2) is 18.4. The molecular weight excluding hydrogens is 825 g/mol. The van der Waals surface area contributed by atoms with Gasteiger partial charge in [0.1, 0.15) is 22.8 Å². The molecule has 0 bridgehead atoms. The molecule has 2 N–H and O–H groups in total. The Labute approximate surface area is 380 Å². The molecule has 16 nitrogen and oxygen atoms in total. The molecule has 0 radical (unpaired) electrons. The number of aromatic nitrogens is 4. The normalized spacial score (nSPS) is 21.2. The number of nitrogens with zero attached hydrogens (tertiary/aromatic N) is 8. The number of anilines is 3. The smallest absolute Gasteiger partial charge is 0.263 e. The first-order valence-electron chi connectivity index (χ1n) is 24.0. The number of carbonyl (C=O) groups is 3. The average Bonchev–Trinajstić information content (AvgIpc) is 3.97. The van der Waals surface area contributed by atoms with Crippen LogP contribution in [0, 0.1) is 6.92 Å². The minimum Gasteiger partial charge on any atom is -0.487 e. The fourth-order valence-corrected chi connectivity index (χ4v) is 11.2. The van der Waals surface area contributed by atoms with Crippen LogP contribution < -0.4 is 25.8 Å². The molecule has 1 aliphatic carbocycles. The highest BCUT2D eigenvalue weighted by atomic mass is 16.5. The first-order valence-corrected chi connectivity index (χ1v) is 24.0. The third-order valence-electron chi connectivity index (χ3n) is 15.0. The number of amides is 2. The third kappa shape index (κ3) is 8.84. The number of hydrogen-bond donors (Lipinski definition) is 2. The van der Waals surface area contributed by atoms with Crippen LogP contribution in [-0.4, -0.2) is 136 Å². The Morgan fingerprint density at radius 1 is 0.923 bits per heavy atom. The molecule has 1 aromatic carbocycles. The number of nitrogens with one attached hydrogen (secondary N) is 2. The summed E-state index contributed by atoms with van der Waals surface area (Å²) in [5.74, 6) is 1.83. The monoisotopic (exact) mass is 886 g/mol. The lowest BCUT2D eigenvalue weighted by Gasteiger charge is -2.44. The van der Waals surface area contributed by atoms with Crippen molar-refractivity contribution in [3.63, 3.8) is 0 Å². The maximum atomic E-state index is 13.6. The Hall–Kier alpha value is -5.45. The third-order valence-corrected chi connectivity index (χ3v) is 15.0. The summed E-state index contributed by atoms with van der Waals surface area (Å²) in [6, 6.07) is 8.44. The van der Waals surface area contributed by atoms with Gasteiger partial charge in [-0.1, -0.05) is 12.8 Å². The van der Waals surface area contributed by atoms with Crippen LogP contribution in [0.5, 0.6) is 5.75 Å². The van der Waals surface area contributed by atoms with Crippen molar-refractivity contribution in [3.8, 4) is 5.75 Å². The molecule has 344 valence electrons. The molecule has 65 heavy (non-hydrogen) atoms. The molecule has 1 saturated carbocycles. The van der Waals surface area contributed by atoms with Crippen LogP contribution in [0.4, 0.5) is 17.5 Å². The molecular formula is C49H62N10O6. The van der Waals surface area contributed by atoms with Gasteiger partial charge in [-0.05, 0) is 99.9 Å². The number of likely N-dealkylation sites (tertiary alicyclic amines) is 1. The van der Waals surface area contributed by atoms with E-state index in [1.807, 2.05) is 34.2 Å². The minimum atomic E-state index is -0.286. The van der Waals surface area contributed by atoms with Gasteiger partial charge in [-0.25, -0.2) is 9.97 Å². The first kappa shape index (κ1) is 43.4. The van der Waals surface area contributed by atoms with Crippen LogP contribution in [-0.2, 0) is 22.5 Å². The van der Waals surface area contributed by atoms with Crippen LogP contribution in [0.3, 0.4) is 0 Å². The van der Waals surface area contributed by atoms with Crippen molar-refractivity contribution in [2.24, 2.45) is 0 Å². The molecule has 8 heterocycles. The molecule has 5 aliphatic heterocycles. The zero-order valence-electron chi connectivity index (χ0n) is 37.9. The van der Waals surface area contributed by atoms with E-state index in [1.54, 1.807) is 17.7 Å². The average molecular weight is 887 g/mol. The number of carbonyl (C=O) groups excluding carboxylic acids is 3. The molecule has 1 spiro atoms. The fraction of sp³-hybridized carbons (Fsp3) is 0.571. The van der Waals surface area contributed by atoms with Crippen molar-refractivity contribution in [3.05, 3.63) is 74.8 Å². The standard InChI is InChI=1S/C49H62N10O6/c1-32-40-30-52-48(54-45(40)59(36-6-3-4-7-36)47(63)44(32)33(2)60)53-42-10-9-37(29-51-42)56-21-19-55(20-22-56)23-25-64-24-12-43(61)57-17-14-49(15-18-57)13-11-34-26-35-31-58(38-8-5-16-50-28-38)46(62)39(35)27-41(34)65-49/h9-10,26-27,29-30,36,38,50H,3-8,11-25,28,31H2,1-2H3,(H,51,52,53,54). The first-order chi connectivity index (χ1) is 31.6. The number of piperazine rings is 1. The topological polar surface area (TPSA) is 167 Å². The summed E-state index contributed by atoms with van der Waals surface area (Å²) in [4.78, 5) is 75.4. The van der Waals surface area contributed by atoms with Gasteiger partial charge in [-0.2, -0.15) is 4.98 Å². The van der Waals surface area contributed by atoms with E-state index in [4.69, 9.17) is 14.5 Å². The molecule has 6 aliphatic rings. The van der Waals surface area contributed by atoms with Crippen LogP contribution in [0.2, 0.25) is 0 Å². The number of benzene rings is 1. The van der Waals surface area contributed by atoms with E-state index in [2.05, 4.69) is 36.5 Å². The van der Waals surface area contributed by atoms with Crippen LogP contribution in [0.25, 0.3) is 11.0 Å². The van der Waals surface area contributed by atoms with E-state index in [0.29, 0.717) is 67.6 Å². The summed E-state index contributed by atoms with van der Waals surface area (Å²) in [5, 5.41) is 7.38. The molecule has 3 saturated heterocycles. The molecule has 10 rings (SSSR count). The van der Waals surface area contributed by atoms with Gasteiger partial charge in [0, 0.05) is 101 Å². The number of piperidine rings is 2. The van der Waals surface area contributed by atoms with E-state index in [9.17, 15) is 19.2 Å². The van der Waals surface area contributed by atoms with Gasteiger partial charge < -0.3 is 34.8 Å². The molecule has 1 atom stereocenters. The van der Waals surface area contributed by atoms with Crippen LogP contribution in [0.1, 0.15) is 115 Å². The number of pyridine rings is 2. The lowest BCUT2D eigenvalue weighted by atomic mass is 9.82. The number of ether oxygens (including phenoxy) is 2. The van der Waals surface area contributed by atoms with Gasteiger partial charge in [0.2, 0.25) is 11.9 Å². The lowest BCUT2D eigenvalue weighted by Crippen LogP contribution is -2.51. The fourth-order valence-electron chi connectivity index (χ4n) is 11.2. The summed E-state index contributed by atoms with van der Waals surface area (Å²) in [6.45, 7) is 12.5. The molecule has 4 aromatic rings. The molecule has 16 heteroatoms. The van der Waals surface area contributed by atoms with Gasteiger partial charge >= 0.3 is 0 Å². The predicted molar refractivity (Wildman–Crippen MR) is 247 cm³/mol. The van der Waals surface area contributed by atoms with Crippen molar-refractivity contribution < 1.29 is 23.9 Å². The van der Waals surface area contributed by atoms with Crippen molar-refractivity contribution in [2.45, 2.75) is 109 Å². The summed E-state index contributed by atoms with van der Waals surface area (Å²) >= 11 is 0. The SMILES string of the molecule is CC(=O)c1c(C)c2cnc(Nc3ccc(N4CCN(CCOCCC(=O)N5CCC6(CCc7cc8c(cc7O6)C(=O)N(C6CCCNC6)C8)CC5)CC4)cn3)nc2n(C2CCCC2)c1=O. The van der Waals surface area contributed by atoms with Gasteiger partial charge in [0.25, 0.3) is 11.5 Å². The number of rotatable bonds is 12. The van der Waals surface area contributed by atoms with E-state index in [-0.39, 0.29) is 46.4 Å². The lowest BCUT2D eigenvalue weighted by molar-refractivity contribution is -0.136. The Morgan fingerprint density at radius 2 is 1.72 bits per heavy atom. The molecule has 1 unspecified atom stereocenters. The zero-order valence-corrected chi connectivity index (χ0v) is 37.9. The largest absolute Gasteiger partial charge is 0.487 e. The van der Waals surface area contributed by atoms with E-state index >= 15 is 0 Å². The maximum Gasteiger partial charge on any atom is 0.263 e. The van der Waals surface area contributed by atoms with Crippen molar-refractivity contribution in [1.29, 1.82) is 0 Å². The summed E-state index contributed by atoms with van der Waals surface area (Å²) in [6.07, 6.45) is 13.4. The van der Waals surface area contributed by atoms with Crippen LogP contribution >= 0.6 is 0 Å². The number of hydrogen-bond acceptors (Lipinski definition) is 13.